The van der Waals surface area contributed by atoms with Crippen LogP contribution in [0.4, 0.5) is 0 Å². The Kier molecular flexibility index (Phi) is 4.75. The zero-order chi connectivity index (χ0) is 14.2. The predicted octanol–water partition coefficient (Wildman–Crippen LogP) is 6.51. The Morgan fingerprint density at radius 2 is 1.63 bits per heavy atom. The van der Waals surface area contributed by atoms with Crippen molar-refractivity contribution >= 4 is 43.5 Å². The highest BCUT2D eigenvalue weighted by Crippen LogP contribution is 2.36. The van der Waals surface area contributed by atoms with Crippen molar-refractivity contribution in [2.75, 3.05) is 0 Å². The standard InChI is InChI=1S/C16H15Br2Cl/c1-9-4-5-12(8-15(9)19)16(18)13-6-11(3)14(17)7-10(13)2/h4-8,16H,1-3H3. The van der Waals surface area contributed by atoms with Gasteiger partial charge in [0.05, 0.1) is 4.83 Å². The van der Waals surface area contributed by atoms with Crippen LogP contribution < -0.4 is 0 Å². The minimum Gasteiger partial charge on any atom is -0.0840 e. The molecule has 1 unspecified atom stereocenters. The van der Waals surface area contributed by atoms with Gasteiger partial charge in [0, 0.05) is 9.50 Å². The molecule has 2 aromatic rings. The maximum absolute atomic E-state index is 6.21. The fourth-order valence-corrected chi connectivity index (χ4v) is 3.45. The second-order valence-electron chi connectivity index (χ2n) is 4.83. The van der Waals surface area contributed by atoms with Gasteiger partial charge in [-0.05, 0) is 60.7 Å². The Bertz CT molecular complexity index is 620. The van der Waals surface area contributed by atoms with E-state index in [4.69, 9.17) is 11.6 Å². The summed E-state index contributed by atoms with van der Waals surface area (Å²) in [6, 6.07) is 10.6. The van der Waals surface area contributed by atoms with Gasteiger partial charge >= 0.3 is 0 Å². The van der Waals surface area contributed by atoms with E-state index < -0.39 is 0 Å². The predicted molar refractivity (Wildman–Crippen MR) is 90.6 cm³/mol. The summed E-state index contributed by atoms with van der Waals surface area (Å²) in [5, 5.41) is 0.813. The summed E-state index contributed by atoms with van der Waals surface area (Å²) in [5.74, 6) is 0. The fourth-order valence-electron chi connectivity index (χ4n) is 2.02. The van der Waals surface area contributed by atoms with Crippen LogP contribution in [0.25, 0.3) is 0 Å². The summed E-state index contributed by atoms with van der Waals surface area (Å²) in [7, 11) is 0. The highest BCUT2D eigenvalue weighted by Gasteiger charge is 2.15. The quantitative estimate of drug-likeness (QED) is 0.502. The lowest BCUT2D eigenvalue weighted by Crippen LogP contribution is -1.98. The molecule has 3 heteroatoms. The highest BCUT2D eigenvalue weighted by molar-refractivity contribution is 9.10. The number of benzene rings is 2. The highest BCUT2D eigenvalue weighted by atomic mass is 79.9. The molecule has 0 aliphatic carbocycles. The van der Waals surface area contributed by atoms with Crippen LogP contribution in [-0.2, 0) is 0 Å². The van der Waals surface area contributed by atoms with Crippen LogP contribution in [0.3, 0.4) is 0 Å². The summed E-state index contributed by atoms with van der Waals surface area (Å²) in [6.07, 6.45) is 0. The molecule has 2 rings (SSSR count). The minimum atomic E-state index is 0.164. The second-order valence-corrected chi connectivity index (χ2v) is 7.01. The molecule has 100 valence electrons. The molecule has 0 fully saturated rings. The first-order chi connectivity index (χ1) is 8.90. The minimum absolute atomic E-state index is 0.164. The van der Waals surface area contributed by atoms with Crippen molar-refractivity contribution < 1.29 is 0 Å². The van der Waals surface area contributed by atoms with Crippen LogP contribution in [0.15, 0.2) is 34.8 Å². The Balaban J connectivity index is 2.46. The van der Waals surface area contributed by atoms with Gasteiger partial charge in [0.25, 0.3) is 0 Å². The van der Waals surface area contributed by atoms with E-state index in [-0.39, 0.29) is 4.83 Å². The molecule has 0 aromatic heterocycles. The Hall–Kier alpha value is -0.310. The first kappa shape index (κ1) is 15.1. The maximum Gasteiger partial charge on any atom is 0.0647 e. The Morgan fingerprint density at radius 1 is 0.947 bits per heavy atom. The Morgan fingerprint density at radius 3 is 2.26 bits per heavy atom. The van der Waals surface area contributed by atoms with Crippen molar-refractivity contribution in [3.63, 3.8) is 0 Å². The third-order valence-corrected chi connectivity index (χ3v) is 5.59. The molecule has 0 saturated carbocycles. The normalized spacial score (nSPS) is 12.5. The van der Waals surface area contributed by atoms with Crippen molar-refractivity contribution in [3.05, 3.63) is 67.6 Å². The van der Waals surface area contributed by atoms with E-state index in [1.165, 1.54) is 22.3 Å². The summed E-state index contributed by atoms with van der Waals surface area (Å²) >= 11 is 13.6. The van der Waals surface area contributed by atoms with Crippen LogP contribution in [0.2, 0.25) is 5.02 Å². The number of rotatable bonds is 2. The van der Waals surface area contributed by atoms with E-state index in [9.17, 15) is 0 Å². The SMILES string of the molecule is Cc1ccc(C(Br)c2cc(C)c(Br)cc2C)cc1Cl. The average Bonchev–Trinajstić information content (AvgIpc) is 2.36. The van der Waals surface area contributed by atoms with Crippen molar-refractivity contribution in [1.82, 2.24) is 0 Å². The van der Waals surface area contributed by atoms with Crippen LogP contribution in [0, 0.1) is 20.8 Å². The first-order valence-corrected chi connectivity index (χ1v) is 8.15. The van der Waals surface area contributed by atoms with Gasteiger partial charge in [-0.25, -0.2) is 0 Å². The van der Waals surface area contributed by atoms with Gasteiger partial charge in [-0.15, -0.1) is 0 Å². The van der Waals surface area contributed by atoms with E-state index in [1.807, 2.05) is 13.0 Å². The molecule has 0 nitrogen and oxygen atoms in total. The maximum atomic E-state index is 6.21. The average molecular weight is 403 g/mol. The lowest BCUT2D eigenvalue weighted by Gasteiger charge is -2.16. The molecule has 0 radical (unpaired) electrons. The van der Waals surface area contributed by atoms with Crippen molar-refractivity contribution in [1.29, 1.82) is 0 Å². The second kappa shape index (κ2) is 5.99. The molecule has 0 N–H and O–H groups in total. The molecule has 0 spiro atoms. The monoisotopic (exact) mass is 400 g/mol. The first-order valence-electron chi connectivity index (χ1n) is 6.07. The van der Waals surface area contributed by atoms with E-state index >= 15 is 0 Å². The third-order valence-electron chi connectivity index (χ3n) is 3.31. The molecule has 0 aliphatic rings. The molecule has 19 heavy (non-hydrogen) atoms. The van der Waals surface area contributed by atoms with E-state index in [0.717, 1.165) is 15.1 Å². The van der Waals surface area contributed by atoms with Crippen LogP contribution in [0.5, 0.6) is 0 Å². The molecule has 1 atom stereocenters. The number of halogens is 3. The number of alkyl halides is 1. The van der Waals surface area contributed by atoms with Gasteiger partial charge in [-0.3, -0.25) is 0 Å². The number of hydrogen-bond acceptors (Lipinski definition) is 0. The summed E-state index contributed by atoms with van der Waals surface area (Å²) in [4.78, 5) is 0.164. The van der Waals surface area contributed by atoms with Gasteiger partial charge in [0.2, 0.25) is 0 Å². The summed E-state index contributed by atoms with van der Waals surface area (Å²) < 4.78 is 1.15. The molecular formula is C16H15Br2Cl. The number of aryl methyl sites for hydroxylation is 3. The lowest BCUT2D eigenvalue weighted by molar-refractivity contribution is 1.12. The van der Waals surface area contributed by atoms with Crippen molar-refractivity contribution in [2.24, 2.45) is 0 Å². The van der Waals surface area contributed by atoms with E-state index in [0.29, 0.717) is 0 Å². The zero-order valence-corrected chi connectivity index (χ0v) is 15.0. The third kappa shape index (κ3) is 3.24. The van der Waals surface area contributed by atoms with Crippen LogP contribution in [0.1, 0.15) is 32.6 Å². The van der Waals surface area contributed by atoms with Gasteiger partial charge in [0.1, 0.15) is 0 Å². The van der Waals surface area contributed by atoms with Crippen LogP contribution >= 0.6 is 43.5 Å². The lowest BCUT2D eigenvalue weighted by atomic mass is 9.98. The van der Waals surface area contributed by atoms with Gasteiger partial charge < -0.3 is 0 Å². The number of hydrogen-bond donors (Lipinski definition) is 0. The zero-order valence-electron chi connectivity index (χ0n) is 11.1. The van der Waals surface area contributed by atoms with Gasteiger partial charge in [-0.2, -0.15) is 0 Å². The van der Waals surface area contributed by atoms with E-state index in [1.54, 1.807) is 0 Å². The molecular weight excluding hydrogens is 387 g/mol. The largest absolute Gasteiger partial charge is 0.0840 e. The molecule has 0 bridgehead atoms. The van der Waals surface area contributed by atoms with Crippen molar-refractivity contribution in [3.8, 4) is 0 Å². The molecule has 0 amide bonds. The molecule has 0 aliphatic heterocycles. The fraction of sp³-hybridized carbons (Fsp3) is 0.250. The van der Waals surface area contributed by atoms with Gasteiger partial charge in [0.15, 0.2) is 0 Å². The van der Waals surface area contributed by atoms with Crippen LogP contribution in [-0.4, -0.2) is 0 Å². The topological polar surface area (TPSA) is 0 Å². The summed E-state index contributed by atoms with van der Waals surface area (Å²) in [6.45, 7) is 6.25. The van der Waals surface area contributed by atoms with Crippen molar-refractivity contribution in [2.45, 2.75) is 25.6 Å². The summed E-state index contributed by atoms with van der Waals surface area (Å²) in [5.41, 5.74) is 6.06. The van der Waals surface area contributed by atoms with E-state index in [2.05, 4.69) is 70.0 Å². The van der Waals surface area contributed by atoms with Gasteiger partial charge in [-0.1, -0.05) is 61.7 Å². The molecule has 0 heterocycles. The molecule has 2 aromatic carbocycles. The molecule has 0 saturated heterocycles. The Labute approximate surface area is 136 Å². The smallest absolute Gasteiger partial charge is 0.0647 e.